The lowest BCUT2D eigenvalue weighted by Gasteiger charge is -2.22. The van der Waals surface area contributed by atoms with Crippen molar-refractivity contribution in [3.8, 4) is 0 Å². The number of anilines is 1. The number of nitrogens with one attached hydrogen (secondary N) is 2. The van der Waals surface area contributed by atoms with Crippen molar-refractivity contribution in [2.75, 3.05) is 11.9 Å². The quantitative estimate of drug-likeness (QED) is 0.882. The van der Waals surface area contributed by atoms with Gasteiger partial charge in [-0.1, -0.05) is 0 Å². The maximum Gasteiger partial charge on any atom is 0.451 e. The molecule has 0 radical (unpaired) electrons. The van der Waals surface area contributed by atoms with Crippen LogP contribution >= 0.6 is 0 Å². The summed E-state index contributed by atoms with van der Waals surface area (Å²) in [6.07, 6.45) is -2.38. The van der Waals surface area contributed by atoms with Gasteiger partial charge in [-0.25, -0.2) is 0 Å². The van der Waals surface area contributed by atoms with Crippen LogP contribution < -0.4 is 5.32 Å². The molecule has 11 heteroatoms. The fraction of sp³-hybridized carbons (Fsp3) is 0.385. The Bertz CT molecular complexity index is 740. The van der Waals surface area contributed by atoms with Crippen LogP contribution in [0.2, 0.25) is 0 Å². The topological polar surface area (TPSA) is 104 Å². The smallest absolute Gasteiger partial charge is 0.451 e. The molecule has 1 unspecified atom stereocenters. The zero-order valence-corrected chi connectivity index (χ0v) is 12.1. The molecule has 2 N–H and O–H groups in total. The molecule has 0 aliphatic carbocycles. The van der Waals surface area contributed by atoms with E-state index in [-0.39, 0.29) is 5.76 Å². The van der Waals surface area contributed by atoms with Crippen molar-refractivity contribution in [1.29, 1.82) is 0 Å². The van der Waals surface area contributed by atoms with E-state index in [0.717, 1.165) is 0 Å². The minimum absolute atomic E-state index is 0.0898. The highest BCUT2D eigenvalue weighted by molar-refractivity contribution is 5.99. The number of carbonyl (C=O) groups is 2. The maximum absolute atomic E-state index is 12.5. The summed E-state index contributed by atoms with van der Waals surface area (Å²) in [7, 11) is 0. The number of furan rings is 1. The predicted octanol–water partition coefficient (Wildman–Crippen LogP) is 1.66. The lowest BCUT2D eigenvalue weighted by Crippen LogP contribution is -2.43. The Balaban J connectivity index is 1.70. The number of rotatable bonds is 3. The first-order valence-electron chi connectivity index (χ1n) is 7.01. The molecule has 1 atom stereocenters. The van der Waals surface area contributed by atoms with Gasteiger partial charge >= 0.3 is 6.18 Å². The average Bonchev–Trinajstić information content (AvgIpc) is 3.26. The molecular weight excluding hydrogens is 331 g/mol. The van der Waals surface area contributed by atoms with Crippen LogP contribution in [-0.2, 0) is 11.0 Å². The second-order valence-electron chi connectivity index (χ2n) is 5.13. The van der Waals surface area contributed by atoms with Gasteiger partial charge in [-0.2, -0.15) is 18.2 Å². The van der Waals surface area contributed by atoms with E-state index in [2.05, 4.69) is 15.4 Å². The summed E-state index contributed by atoms with van der Waals surface area (Å²) >= 11 is 0. The predicted molar refractivity (Wildman–Crippen MR) is 72.8 cm³/mol. The van der Waals surface area contributed by atoms with Crippen molar-refractivity contribution < 1.29 is 27.2 Å². The molecule has 2 aromatic heterocycles. The molecular formula is C13H12F3N5O3. The van der Waals surface area contributed by atoms with Gasteiger partial charge in [0.1, 0.15) is 6.04 Å². The van der Waals surface area contributed by atoms with E-state index >= 15 is 0 Å². The number of hydrogen-bond acceptors (Lipinski definition) is 5. The van der Waals surface area contributed by atoms with Crippen LogP contribution in [0.3, 0.4) is 0 Å². The summed E-state index contributed by atoms with van der Waals surface area (Å²) in [5, 5.41) is 7.20. The SMILES string of the molecule is O=C(Nc1n[nH]c(C(F)(F)F)n1)C1CCCN1C(=O)c1ccco1. The molecule has 8 nitrogen and oxygen atoms in total. The Morgan fingerprint density at radius 2 is 2.21 bits per heavy atom. The van der Waals surface area contributed by atoms with E-state index in [4.69, 9.17) is 4.42 Å². The number of hydrogen-bond donors (Lipinski definition) is 2. The van der Waals surface area contributed by atoms with Gasteiger partial charge in [0, 0.05) is 6.54 Å². The van der Waals surface area contributed by atoms with Crippen molar-refractivity contribution in [3.05, 3.63) is 30.0 Å². The van der Waals surface area contributed by atoms with E-state index in [0.29, 0.717) is 19.4 Å². The third kappa shape index (κ3) is 3.09. The van der Waals surface area contributed by atoms with Gasteiger partial charge in [0.25, 0.3) is 5.91 Å². The fourth-order valence-electron chi connectivity index (χ4n) is 2.46. The molecule has 0 spiro atoms. The van der Waals surface area contributed by atoms with E-state index in [9.17, 15) is 22.8 Å². The Morgan fingerprint density at radius 1 is 1.42 bits per heavy atom. The number of alkyl halides is 3. The van der Waals surface area contributed by atoms with Crippen LogP contribution in [0.1, 0.15) is 29.2 Å². The standard InChI is InChI=1S/C13H12F3N5O3/c14-13(15,16)11-18-12(20-19-11)17-9(22)7-3-1-5-21(7)10(23)8-4-2-6-24-8/h2,4,6-7H,1,3,5H2,(H2,17,18,19,20,22). The fourth-order valence-corrected chi connectivity index (χ4v) is 2.46. The van der Waals surface area contributed by atoms with Crippen LogP contribution in [0, 0.1) is 0 Å². The molecule has 2 amide bonds. The average molecular weight is 343 g/mol. The molecule has 3 heterocycles. The molecule has 0 aromatic carbocycles. The number of carbonyl (C=O) groups excluding carboxylic acids is 2. The number of aromatic nitrogens is 3. The van der Waals surface area contributed by atoms with Crippen molar-refractivity contribution in [2.45, 2.75) is 25.1 Å². The monoisotopic (exact) mass is 343 g/mol. The summed E-state index contributed by atoms with van der Waals surface area (Å²) < 4.78 is 42.4. The van der Waals surface area contributed by atoms with E-state index in [1.807, 2.05) is 0 Å². The number of aromatic amines is 1. The molecule has 1 aliphatic heterocycles. The maximum atomic E-state index is 12.5. The van der Waals surface area contributed by atoms with Crippen LogP contribution in [0.4, 0.5) is 19.1 Å². The molecule has 128 valence electrons. The highest BCUT2D eigenvalue weighted by Crippen LogP contribution is 2.26. The molecule has 3 rings (SSSR count). The summed E-state index contributed by atoms with van der Waals surface area (Å²) in [5.74, 6) is -2.83. The minimum atomic E-state index is -4.69. The summed E-state index contributed by atoms with van der Waals surface area (Å²) in [6, 6.07) is 2.20. The van der Waals surface area contributed by atoms with Gasteiger partial charge in [0.15, 0.2) is 5.76 Å². The number of H-pyrrole nitrogens is 1. The van der Waals surface area contributed by atoms with Gasteiger partial charge in [0.05, 0.1) is 6.26 Å². The van der Waals surface area contributed by atoms with E-state index in [1.165, 1.54) is 17.2 Å². The molecule has 1 saturated heterocycles. The van der Waals surface area contributed by atoms with Crippen LogP contribution in [0.25, 0.3) is 0 Å². The van der Waals surface area contributed by atoms with E-state index < -0.39 is 35.8 Å². The molecule has 2 aromatic rings. The summed E-state index contributed by atoms with van der Waals surface area (Å²) in [4.78, 5) is 29.0. The highest BCUT2D eigenvalue weighted by Gasteiger charge is 2.38. The van der Waals surface area contributed by atoms with Gasteiger partial charge in [0.2, 0.25) is 17.7 Å². The molecule has 24 heavy (non-hydrogen) atoms. The van der Waals surface area contributed by atoms with Gasteiger partial charge in [-0.3, -0.25) is 20.0 Å². The summed E-state index contributed by atoms with van der Waals surface area (Å²) in [6.45, 7) is 0.347. The number of nitrogens with zero attached hydrogens (tertiary/aromatic N) is 3. The second-order valence-corrected chi connectivity index (χ2v) is 5.13. The Labute approximate surface area is 133 Å². The van der Waals surface area contributed by atoms with Crippen LogP contribution in [-0.4, -0.2) is 44.5 Å². The minimum Gasteiger partial charge on any atom is -0.459 e. The van der Waals surface area contributed by atoms with Crippen LogP contribution in [0.15, 0.2) is 22.8 Å². The third-order valence-electron chi connectivity index (χ3n) is 3.54. The Morgan fingerprint density at radius 3 is 2.83 bits per heavy atom. The van der Waals surface area contributed by atoms with Crippen molar-refractivity contribution in [3.63, 3.8) is 0 Å². The van der Waals surface area contributed by atoms with Crippen molar-refractivity contribution in [2.24, 2.45) is 0 Å². The van der Waals surface area contributed by atoms with Crippen molar-refractivity contribution >= 4 is 17.8 Å². The Hall–Kier alpha value is -2.85. The van der Waals surface area contributed by atoms with Gasteiger partial charge in [-0.05, 0) is 25.0 Å². The van der Waals surface area contributed by atoms with Crippen LogP contribution in [0.5, 0.6) is 0 Å². The molecule has 0 saturated carbocycles. The summed E-state index contributed by atoms with van der Waals surface area (Å²) in [5.41, 5.74) is 0. The molecule has 0 bridgehead atoms. The lowest BCUT2D eigenvalue weighted by molar-refractivity contribution is -0.144. The van der Waals surface area contributed by atoms with E-state index in [1.54, 1.807) is 11.2 Å². The molecule has 1 fully saturated rings. The van der Waals surface area contributed by atoms with Crippen molar-refractivity contribution in [1.82, 2.24) is 20.1 Å². The molecule has 1 aliphatic rings. The normalized spacial score (nSPS) is 18.0. The first-order chi connectivity index (χ1) is 11.4. The second kappa shape index (κ2) is 5.98. The Kier molecular flexibility index (Phi) is 3.99. The first kappa shape index (κ1) is 16.0. The first-order valence-corrected chi connectivity index (χ1v) is 7.01. The largest absolute Gasteiger partial charge is 0.459 e. The zero-order valence-electron chi connectivity index (χ0n) is 12.1. The highest BCUT2D eigenvalue weighted by atomic mass is 19.4. The third-order valence-corrected chi connectivity index (χ3v) is 3.54. The number of amides is 2. The zero-order chi connectivity index (χ0) is 17.3. The van der Waals surface area contributed by atoms with Gasteiger partial charge < -0.3 is 9.32 Å². The van der Waals surface area contributed by atoms with Gasteiger partial charge in [-0.15, -0.1) is 5.10 Å². The lowest BCUT2D eigenvalue weighted by atomic mass is 10.2. The number of halogens is 3. The number of likely N-dealkylation sites (tertiary alicyclic amines) is 1.